The first-order valence-electron chi connectivity index (χ1n) is 6.95. The third-order valence-corrected chi connectivity index (χ3v) is 3.70. The predicted molar refractivity (Wildman–Crippen MR) is 75.7 cm³/mol. The van der Waals surface area contributed by atoms with E-state index in [1.807, 2.05) is 0 Å². The Morgan fingerprint density at radius 2 is 2.00 bits per heavy atom. The Kier molecular flexibility index (Phi) is 4.55. The maximum absolute atomic E-state index is 10.4. The Bertz CT molecular complexity index is 417. The van der Waals surface area contributed by atoms with Crippen molar-refractivity contribution in [3.63, 3.8) is 0 Å². The van der Waals surface area contributed by atoms with Gasteiger partial charge in [-0.1, -0.05) is 26.2 Å². The number of anilines is 2. The van der Waals surface area contributed by atoms with E-state index in [-0.39, 0.29) is 0 Å². The SMILES string of the molecule is CCCc1c(NN)ncnc1NCC1(O)CCCC1. The third kappa shape index (κ3) is 3.33. The number of rotatable bonds is 6. The summed E-state index contributed by atoms with van der Waals surface area (Å²) in [6, 6.07) is 0. The lowest BCUT2D eigenvalue weighted by atomic mass is 10.0. The fraction of sp³-hybridized carbons (Fsp3) is 0.692. The maximum atomic E-state index is 10.4. The lowest BCUT2D eigenvalue weighted by Gasteiger charge is -2.23. The van der Waals surface area contributed by atoms with Gasteiger partial charge in [-0.05, 0) is 19.3 Å². The Morgan fingerprint density at radius 1 is 1.32 bits per heavy atom. The second-order valence-electron chi connectivity index (χ2n) is 5.23. The fourth-order valence-corrected chi connectivity index (χ4v) is 2.63. The van der Waals surface area contributed by atoms with Crippen molar-refractivity contribution in [2.45, 2.75) is 51.0 Å². The van der Waals surface area contributed by atoms with E-state index in [1.54, 1.807) is 0 Å². The number of nitrogens with two attached hydrogens (primary N) is 1. The summed E-state index contributed by atoms with van der Waals surface area (Å²) in [5, 5.41) is 13.6. The van der Waals surface area contributed by atoms with Crippen LogP contribution in [0.1, 0.15) is 44.6 Å². The zero-order valence-electron chi connectivity index (χ0n) is 11.4. The first kappa shape index (κ1) is 14.0. The summed E-state index contributed by atoms with van der Waals surface area (Å²) in [6.07, 6.45) is 7.22. The minimum Gasteiger partial charge on any atom is -0.388 e. The van der Waals surface area contributed by atoms with E-state index in [1.165, 1.54) is 6.33 Å². The van der Waals surface area contributed by atoms with E-state index in [2.05, 4.69) is 27.6 Å². The van der Waals surface area contributed by atoms with Crippen LogP contribution in [0, 0.1) is 0 Å². The number of nitrogen functional groups attached to an aromatic ring is 1. The molecule has 0 saturated heterocycles. The monoisotopic (exact) mass is 265 g/mol. The number of aliphatic hydroxyl groups is 1. The molecule has 19 heavy (non-hydrogen) atoms. The number of nitrogens with zero attached hydrogens (tertiary/aromatic N) is 2. The molecule has 1 fully saturated rings. The van der Waals surface area contributed by atoms with Crippen molar-refractivity contribution < 1.29 is 5.11 Å². The zero-order valence-corrected chi connectivity index (χ0v) is 11.4. The van der Waals surface area contributed by atoms with Crippen molar-refractivity contribution in [2.75, 3.05) is 17.3 Å². The van der Waals surface area contributed by atoms with E-state index in [0.29, 0.717) is 12.4 Å². The molecule has 6 nitrogen and oxygen atoms in total. The lowest BCUT2D eigenvalue weighted by Crippen LogP contribution is -2.34. The minimum atomic E-state index is -0.593. The molecule has 1 aromatic rings. The van der Waals surface area contributed by atoms with Crippen LogP contribution in [0.4, 0.5) is 11.6 Å². The van der Waals surface area contributed by atoms with Crippen molar-refractivity contribution in [2.24, 2.45) is 5.84 Å². The molecule has 1 aromatic heterocycles. The van der Waals surface area contributed by atoms with E-state index in [9.17, 15) is 5.11 Å². The van der Waals surface area contributed by atoms with E-state index in [4.69, 9.17) is 5.84 Å². The van der Waals surface area contributed by atoms with Gasteiger partial charge in [-0.2, -0.15) is 0 Å². The van der Waals surface area contributed by atoms with Gasteiger partial charge >= 0.3 is 0 Å². The molecule has 5 N–H and O–H groups in total. The van der Waals surface area contributed by atoms with E-state index >= 15 is 0 Å². The van der Waals surface area contributed by atoms with Crippen molar-refractivity contribution in [3.05, 3.63) is 11.9 Å². The van der Waals surface area contributed by atoms with Crippen LogP contribution in [0.2, 0.25) is 0 Å². The smallest absolute Gasteiger partial charge is 0.148 e. The van der Waals surface area contributed by atoms with Gasteiger partial charge in [-0.3, -0.25) is 0 Å². The van der Waals surface area contributed by atoms with Gasteiger partial charge in [0.25, 0.3) is 0 Å². The van der Waals surface area contributed by atoms with Gasteiger partial charge in [-0.25, -0.2) is 15.8 Å². The fourth-order valence-electron chi connectivity index (χ4n) is 2.63. The van der Waals surface area contributed by atoms with Gasteiger partial charge < -0.3 is 15.8 Å². The lowest BCUT2D eigenvalue weighted by molar-refractivity contribution is 0.0614. The quantitative estimate of drug-likeness (QED) is 0.459. The highest BCUT2D eigenvalue weighted by atomic mass is 16.3. The predicted octanol–water partition coefficient (Wildman–Crippen LogP) is 1.43. The number of hydrogen-bond donors (Lipinski definition) is 4. The highest BCUT2D eigenvalue weighted by Crippen LogP contribution is 2.30. The molecular formula is C13H23N5O. The average molecular weight is 265 g/mol. The van der Waals surface area contributed by atoms with Crippen LogP contribution in [0.15, 0.2) is 6.33 Å². The van der Waals surface area contributed by atoms with Crippen molar-refractivity contribution >= 4 is 11.6 Å². The average Bonchev–Trinajstić information content (AvgIpc) is 2.85. The molecule has 0 radical (unpaired) electrons. The van der Waals surface area contributed by atoms with Crippen LogP contribution in [0.5, 0.6) is 0 Å². The van der Waals surface area contributed by atoms with Gasteiger partial charge in [0.05, 0.1) is 5.60 Å². The molecule has 1 aliphatic rings. The van der Waals surface area contributed by atoms with Gasteiger partial charge in [-0.15, -0.1) is 0 Å². The summed E-state index contributed by atoms with van der Waals surface area (Å²) in [6.45, 7) is 2.63. The Labute approximate surface area is 113 Å². The normalized spacial score (nSPS) is 17.4. The Hall–Kier alpha value is -1.40. The standard InChI is InChI=1S/C13H23N5O/c1-2-5-10-11(16-9-17-12(10)18-14)15-8-13(19)6-3-4-7-13/h9,19H,2-8,14H2,1H3,(H2,15,16,17,18). The van der Waals surface area contributed by atoms with Crippen molar-refractivity contribution in [3.8, 4) is 0 Å². The highest BCUT2D eigenvalue weighted by Gasteiger charge is 2.31. The summed E-state index contributed by atoms with van der Waals surface area (Å²) in [5.41, 5.74) is 2.99. The molecule has 1 heterocycles. The van der Waals surface area contributed by atoms with E-state index < -0.39 is 5.60 Å². The molecule has 1 saturated carbocycles. The molecule has 0 unspecified atom stereocenters. The molecule has 0 aromatic carbocycles. The van der Waals surface area contributed by atoms with Crippen LogP contribution in [0.25, 0.3) is 0 Å². The maximum Gasteiger partial charge on any atom is 0.148 e. The van der Waals surface area contributed by atoms with Gasteiger partial charge in [0, 0.05) is 12.1 Å². The second-order valence-corrected chi connectivity index (χ2v) is 5.23. The molecule has 0 aliphatic heterocycles. The molecular weight excluding hydrogens is 242 g/mol. The van der Waals surface area contributed by atoms with Gasteiger partial charge in [0.1, 0.15) is 18.0 Å². The minimum absolute atomic E-state index is 0.532. The highest BCUT2D eigenvalue weighted by molar-refractivity contribution is 5.57. The molecule has 2 rings (SSSR count). The molecule has 0 atom stereocenters. The van der Waals surface area contributed by atoms with Crippen LogP contribution in [-0.2, 0) is 6.42 Å². The summed E-state index contributed by atoms with van der Waals surface area (Å²) in [4.78, 5) is 8.39. The first-order valence-corrected chi connectivity index (χ1v) is 6.95. The van der Waals surface area contributed by atoms with Crippen molar-refractivity contribution in [1.82, 2.24) is 9.97 Å². The summed E-state index contributed by atoms with van der Waals surface area (Å²) in [7, 11) is 0. The largest absolute Gasteiger partial charge is 0.388 e. The first-order chi connectivity index (χ1) is 9.18. The number of hydrogen-bond acceptors (Lipinski definition) is 6. The van der Waals surface area contributed by atoms with Crippen LogP contribution in [0.3, 0.4) is 0 Å². The van der Waals surface area contributed by atoms with Gasteiger partial charge in [0.15, 0.2) is 0 Å². The Balaban J connectivity index is 2.10. The third-order valence-electron chi connectivity index (χ3n) is 3.70. The Morgan fingerprint density at radius 3 is 2.63 bits per heavy atom. The molecule has 0 spiro atoms. The summed E-state index contributed by atoms with van der Waals surface area (Å²) < 4.78 is 0. The van der Waals surface area contributed by atoms with Crippen LogP contribution in [-0.4, -0.2) is 27.2 Å². The van der Waals surface area contributed by atoms with Crippen molar-refractivity contribution in [1.29, 1.82) is 0 Å². The number of hydrazine groups is 1. The summed E-state index contributed by atoms with van der Waals surface area (Å²) >= 11 is 0. The van der Waals surface area contributed by atoms with Crippen LogP contribution < -0.4 is 16.6 Å². The molecule has 0 amide bonds. The second kappa shape index (κ2) is 6.16. The molecule has 0 bridgehead atoms. The molecule has 1 aliphatic carbocycles. The summed E-state index contributed by atoms with van der Waals surface area (Å²) in [5.74, 6) is 6.90. The molecule has 6 heteroatoms. The zero-order chi connectivity index (χ0) is 13.7. The van der Waals surface area contributed by atoms with E-state index in [0.717, 1.165) is 49.9 Å². The molecule has 106 valence electrons. The number of nitrogens with one attached hydrogen (secondary N) is 2. The van der Waals surface area contributed by atoms with Gasteiger partial charge in [0.2, 0.25) is 0 Å². The number of aromatic nitrogens is 2. The van der Waals surface area contributed by atoms with Crippen LogP contribution >= 0.6 is 0 Å². The topological polar surface area (TPSA) is 96.1 Å².